The van der Waals surface area contributed by atoms with Crippen LogP contribution in [-0.4, -0.2) is 47.5 Å². The summed E-state index contributed by atoms with van der Waals surface area (Å²) in [4.78, 5) is 10.3. The maximum atomic E-state index is 12.5. The Bertz CT molecular complexity index is 1490. The standard InChI is InChI=1S/C29H34N4O3S/c1-5-33(6-2)19-21-12-14-23(15-13-21)30-28(22-10-8-7-9-11-22)27-25-18-24(32-37(35,36)20(3)4)16-17-26(25)31-29(27)34/h7-18,20,31-32,34H,5-6,19H2,1-4H3. The fourth-order valence-electron chi connectivity index (χ4n) is 4.13. The minimum absolute atomic E-state index is 0.0281. The maximum absolute atomic E-state index is 12.5. The molecule has 0 unspecified atom stereocenters. The van der Waals surface area contributed by atoms with E-state index < -0.39 is 15.3 Å². The Morgan fingerprint density at radius 1 is 1.00 bits per heavy atom. The molecule has 0 spiro atoms. The Balaban J connectivity index is 1.81. The second-order valence-corrected chi connectivity index (χ2v) is 11.5. The van der Waals surface area contributed by atoms with Crippen LogP contribution in [0.5, 0.6) is 5.88 Å². The highest BCUT2D eigenvalue weighted by molar-refractivity contribution is 7.93. The highest BCUT2D eigenvalue weighted by Gasteiger charge is 2.21. The van der Waals surface area contributed by atoms with Gasteiger partial charge in [0.15, 0.2) is 5.88 Å². The Morgan fingerprint density at radius 2 is 1.68 bits per heavy atom. The molecule has 0 fully saturated rings. The van der Waals surface area contributed by atoms with Crippen LogP contribution < -0.4 is 4.72 Å². The molecule has 0 saturated heterocycles. The molecule has 1 aromatic heterocycles. The van der Waals surface area contributed by atoms with E-state index in [0.717, 1.165) is 30.9 Å². The molecule has 7 nitrogen and oxygen atoms in total. The van der Waals surface area contributed by atoms with E-state index in [1.807, 2.05) is 42.5 Å². The fourth-order valence-corrected chi connectivity index (χ4v) is 4.83. The Morgan fingerprint density at radius 3 is 2.30 bits per heavy atom. The number of fused-ring (bicyclic) bond motifs is 1. The van der Waals surface area contributed by atoms with Crippen molar-refractivity contribution in [1.82, 2.24) is 9.88 Å². The third-order valence-corrected chi connectivity index (χ3v) is 8.18. The number of aromatic nitrogens is 1. The summed E-state index contributed by atoms with van der Waals surface area (Å²) in [6.45, 7) is 10.4. The SMILES string of the molecule is CCN(CC)Cc1ccc(N=C(c2ccccc2)c2c(O)[nH]c3ccc(NS(=O)(=O)C(C)C)cc23)cc1. The maximum Gasteiger partial charge on any atom is 0.235 e. The third-order valence-electron chi connectivity index (χ3n) is 6.42. The van der Waals surface area contributed by atoms with Crippen LogP contribution in [0.2, 0.25) is 0 Å². The van der Waals surface area contributed by atoms with Crippen LogP contribution in [0.1, 0.15) is 44.4 Å². The van der Waals surface area contributed by atoms with Gasteiger partial charge in [-0.1, -0.05) is 56.3 Å². The Labute approximate surface area is 218 Å². The van der Waals surface area contributed by atoms with E-state index in [1.165, 1.54) is 5.56 Å². The number of H-pyrrole nitrogens is 1. The number of hydrogen-bond donors (Lipinski definition) is 3. The number of rotatable bonds is 10. The zero-order chi connectivity index (χ0) is 26.6. The normalized spacial score (nSPS) is 12.5. The number of nitrogens with zero attached hydrogens (tertiary/aromatic N) is 2. The molecular formula is C29H34N4O3S. The van der Waals surface area contributed by atoms with Gasteiger partial charge in [0.25, 0.3) is 0 Å². The van der Waals surface area contributed by atoms with Crippen LogP contribution in [0.4, 0.5) is 11.4 Å². The highest BCUT2D eigenvalue weighted by Crippen LogP contribution is 2.33. The van der Waals surface area contributed by atoms with Crippen molar-refractivity contribution in [2.24, 2.45) is 4.99 Å². The van der Waals surface area contributed by atoms with E-state index >= 15 is 0 Å². The molecule has 0 saturated carbocycles. The molecule has 3 aromatic carbocycles. The van der Waals surface area contributed by atoms with Crippen LogP contribution in [0.15, 0.2) is 77.8 Å². The first-order valence-electron chi connectivity index (χ1n) is 12.5. The van der Waals surface area contributed by atoms with Crippen LogP contribution in [0, 0.1) is 0 Å². The molecule has 0 aliphatic rings. The van der Waals surface area contributed by atoms with Crippen molar-refractivity contribution >= 4 is 38.0 Å². The van der Waals surface area contributed by atoms with Crippen molar-refractivity contribution in [2.45, 2.75) is 39.5 Å². The molecule has 0 atom stereocenters. The van der Waals surface area contributed by atoms with Gasteiger partial charge in [-0.05, 0) is 62.8 Å². The first-order valence-corrected chi connectivity index (χ1v) is 14.1. The summed E-state index contributed by atoms with van der Waals surface area (Å²) in [7, 11) is -3.52. The van der Waals surface area contributed by atoms with Gasteiger partial charge in [0.05, 0.1) is 22.2 Å². The van der Waals surface area contributed by atoms with Gasteiger partial charge in [-0.3, -0.25) is 9.62 Å². The molecular weight excluding hydrogens is 484 g/mol. The van der Waals surface area contributed by atoms with Gasteiger partial charge < -0.3 is 10.1 Å². The third kappa shape index (κ3) is 6.03. The summed E-state index contributed by atoms with van der Waals surface area (Å²) < 4.78 is 27.6. The van der Waals surface area contributed by atoms with Gasteiger partial charge in [0.1, 0.15) is 0 Å². The minimum Gasteiger partial charge on any atom is -0.494 e. The van der Waals surface area contributed by atoms with Crippen molar-refractivity contribution in [2.75, 3.05) is 17.8 Å². The van der Waals surface area contributed by atoms with E-state index in [0.29, 0.717) is 27.9 Å². The number of anilines is 1. The topological polar surface area (TPSA) is 97.8 Å². The zero-order valence-corrected chi connectivity index (χ0v) is 22.5. The first-order chi connectivity index (χ1) is 17.7. The molecule has 37 heavy (non-hydrogen) atoms. The molecule has 8 heteroatoms. The lowest BCUT2D eigenvalue weighted by Gasteiger charge is -2.17. The van der Waals surface area contributed by atoms with Gasteiger partial charge in [-0.2, -0.15) is 0 Å². The smallest absolute Gasteiger partial charge is 0.235 e. The Hall–Kier alpha value is -3.62. The fraction of sp³-hybridized carbons (Fsp3) is 0.276. The quantitative estimate of drug-likeness (QED) is 0.223. The molecule has 0 aliphatic heterocycles. The van der Waals surface area contributed by atoms with Crippen LogP contribution >= 0.6 is 0 Å². The molecule has 0 amide bonds. The van der Waals surface area contributed by atoms with Gasteiger partial charge in [0.2, 0.25) is 10.0 Å². The second-order valence-electron chi connectivity index (χ2n) is 9.26. The zero-order valence-electron chi connectivity index (χ0n) is 21.7. The number of benzene rings is 3. The van der Waals surface area contributed by atoms with Gasteiger partial charge >= 0.3 is 0 Å². The summed E-state index contributed by atoms with van der Waals surface area (Å²) in [6.07, 6.45) is 0. The average molecular weight is 519 g/mol. The summed E-state index contributed by atoms with van der Waals surface area (Å²) >= 11 is 0. The highest BCUT2D eigenvalue weighted by atomic mass is 32.2. The number of aromatic hydroxyl groups is 1. The lowest BCUT2D eigenvalue weighted by atomic mass is 10.0. The van der Waals surface area contributed by atoms with Gasteiger partial charge in [-0.15, -0.1) is 0 Å². The van der Waals surface area contributed by atoms with E-state index in [4.69, 9.17) is 4.99 Å². The number of hydrogen-bond acceptors (Lipinski definition) is 5. The number of sulfonamides is 1. The monoisotopic (exact) mass is 518 g/mol. The van der Waals surface area contributed by atoms with E-state index in [9.17, 15) is 13.5 Å². The molecule has 194 valence electrons. The molecule has 0 aliphatic carbocycles. The lowest BCUT2D eigenvalue weighted by Crippen LogP contribution is -2.22. The van der Waals surface area contributed by atoms with E-state index in [1.54, 1.807) is 32.0 Å². The van der Waals surface area contributed by atoms with Crippen molar-refractivity contribution in [1.29, 1.82) is 0 Å². The Kier molecular flexibility index (Phi) is 8.00. The molecule has 1 heterocycles. The predicted octanol–water partition coefficient (Wildman–Crippen LogP) is 6.03. The summed E-state index contributed by atoms with van der Waals surface area (Å²) in [5, 5.41) is 11.1. The number of aliphatic imine (C=N–C) groups is 1. The molecule has 0 bridgehead atoms. The summed E-state index contributed by atoms with van der Waals surface area (Å²) in [6, 6.07) is 22.9. The van der Waals surface area contributed by atoms with Crippen LogP contribution in [0.25, 0.3) is 10.9 Å². The number of nitrogens with one attached hydrogen (secondary N) is 2. The van der Waals surface area contributed by atoms with Crippen molar-refractivity contribution in [3.63, 3.8) is 0 Å². The predicted molar refractivity (Wildman–Crippen MR) is 152 cm³/mol. The number of aromatic amines is 1. The van der Waals surface area contributed by atoms with Gasteiger partial charge in [-0.25, -0.2) is 13.4 Å². The van der Waals surface area contributed by atoms with Gasteiger partial charge in [0, 0.05) is 28.7 Å². The van der Waals surface area contributed by atoms with Crippen LogP contribution in [-0.2, 0) is 16.6 Å². The molecule has 3 N–H and O–H groups in total. The van der Waals surface area contributed by atoms with E-state index in [-0.39, 0.29) is 5.88 Å². The lowest BCUT2D eigenvalue weighted by molar-refractivity contribution is 0.296. The second kappa shape index (κ2) is 11.2. The molecule has 4 aromatic rings. The van der Waals surface area contributed by atoms with Crippen molar-refractivity contribution < 1.29 is 13.5 Å². The van der Waals surface area contributed by atoms with Crippen LogP contribution in [0.3, 0.4) is 0 Å². The van der Waals surface area contributed by atoms with Crippen molar-refractivity contribution in [3.05, 3.63) is 89.5 Å². The molecule has 0 radical (unpaired) electrons. The average Bonchev–Trinajstić information content (AvgIpc) is 3.21. The minimum atomic E-state index is -3.52. The summed E-state index contributed by atoms with van der Waals surface area (Å²) in [5.41, 5.74) is 5.00. The van der Waals surface area contributed by atoms with E-state index in [2.05, 4.69) is 40.6 Å². The first kappa shape index (κ1) is 26.4. The largest absolute Gasteiger partial charge is 0.494 e. The van der Waals surface area contributed by atoms with Crippen molar-refractivity contribution in [3.8, 4) is 5.88 Å². The molecule has 4 rings (SSSR count). The summed E-state index contributed by atoms with van der Waals surface area (Å²) in [5.74, 6) is -0.0281.